The normalized spacial score (nSPS) is 16.4. The maximum atomic E-state index is 11.3. The van der Waals surface area contributed by atoms with Crippen molar-refractivity contribution in [2.45, 2.75) is 17.0 Å². The number of nitrogens with zero attached hydrogens (tertiary/aromatic N) is 1. The van der Waals surface area contributed by atoms with Gasteiger partial charge < -0.3 is 25.6 Å². The molecule has 0 bridgehead atoms. The van der Waals surface area contributed by atoms with Crippen LogP contribution < -0.4 is 50.8 Å². The van der Waals surface area contributed by atoms with Crippen LogP contribution in [0.3, 0.4) is 0 Å². The minimum atomic E-state index is -1.54. The summed E-state index contributed by atoms with van der Waals surface area (Å²) in [6.45, 7) is 0. The summed E-state index contributed by atoms with van der Waals surface area (Å²) in [4.78, 5) is 28.2. The van der Waals surface area contributed by atoms with Crippen LogP contribution in [0.4, 0.5) is 17.1 Å². The minimum absolute atomic E-state index is 0. The number of aromatic nitrogens is 3. The largest absolute Gasteiger partial charge is 1.00 e. The van der Waals surface area contributed by atoms with Crippen LogP contribution in [0.1, 0.15) is 0 Å². The molecule has 0 spiro atoms. The molecule has 0 radical (unpaired) electrons. The third-order valence-electron chi connectivity index (χ3n) is 4.58. The molecule has 4 rings (SSSR count). The van der Waals surface area contributed by atoms with Crippen molar-refractivity contribution >= 4 is 65.5 Å². The molecule has 172 valence electrons. The second-order valence-electron chi connectivity index (χ2n) is 6.69. The molecule has 2 unspecified atom stereocenters. The van der Waals surface area contributed by atoms with E-state index in [9.17, 15) is 19.8 Å². The second-order valence-corrected chi connectivity index (χ2v) is 8.24. The second kappa shape index (κ2) is 11.4. The summed E-state index contributed by atoms with van der Waals surface area (Å²) < 4.78 is 7.56. The molecular weight excluding hydrogens is 515 g/mol. The molecule has 12 nitrogen and oxygen atoms in total. The van der Waals surface area contributed by atoms with Gasteiger partial charge in [-0.1, -0.05) is 6.07 Å². The first kappa shape index (κ1) is 26.2. The van der Waals surface area contributed by atoms with Crippen LogP contribution >= 0.6 is 36.5 Å². The van der Waals surface area contributed by atoms with Crippen molar-refractivity contribution in [1.82, 2.24) is 14.8 Å². The van der Waals surface area contributed by atoms with Crippen molar-refractivity contribution in [3.8, 4) is 5.69 Å². The van der Waals surface area contributed by atoms with Crippen molar-refractivity contribution in [2.75, 3.05) is 16.1 Å². The molecule has 34 heavy (non-hydrogen) atoms. The standard InChI is InChI=1S/C18H16N6O6S3.Na/c25-15(26)13-14(16(27)28)20-12-7-10(4-5-11(12)19-13)33-30-29-23-8-2-1-3-9(6-8)24-17(31)21-22-18(24)32;/h1-7,13-14,19-20,23H,(H,21,31)(H,22,32)(H,25,26)(H,27,28);/q;+1/p-1. The summed E-state index contributed by atoms with van der Waals surface area (Å²) >= 11 is 11.2. The summed E-state index contributed by atoms with van der Waals surface area (Å²) in [7, 11) is 0. The van der Waals surface area contributed by atoms with E-state index < -0.39 is 24.0 Å². The number of H-pyrrole nitrogens is 2. The smallest absolute Gasteiger partial charge is 0.548 e. The van der Waals surface area contributed by atoms with E-state index in [0.29, 0.717) is 37.2 Å². The Hall–Kier alpha value is -2.37. The van der Waals surface area contributed by atoms with Crippen LogP contribution in [0.5, 0.6) is 0 Å². The summed E-state index contributed by atoms with van der Waals surface area (Å²) in [6.07, 6.45) is 0. The number of nitrogens with one attached hydrogen (secondary N) is 5. The number of rotatable bonds is 8. The quantitative estimate of drug-likeness (QED) is 0.0525. The van der Waals surface area contributed by atoms with Crippen LogP contribution in [0.15, 0.2) is 47.4 Å². The molecule has 0 saturated carbocycles. The fourth-order valence-corrected chi connectivity index (χ4v) is 4.09. The SMILES string of the molecule is O=C([O-])C1Nc2cc(SOONc3cccc(-n4c(=S)[nH][nH]c4=S)c3)ccc2NC1C(=O)O.[Na+]. The predicted octanol–water partition coefficient (Wildman–Crippen LogP) is -1.01. The van der Waals surface area contributed by atoms with Gasteiger partial charge in [0.1, 0.15) is 0 Å². The van der Waals surface area contributed by atoms with Crippen molar-refractivity contribution in [1.29, 1.82) is 0 Å². The number of carboxylic acid groups (broad SMARTS) is 2. The van der Waals surface area contributed by atoms with Crippen LogP contribution in [-0.4, -0.2) is 43.9 Å². The number of fused-ring (bicyclic) bond motifs is 1. The van der Waals surface area contributed by atoms with Gasteiger partial charge >= 0.3 is 35.5 Å². The third kappa shape index (κ3) is 5.81. The van der Waals surface area contributed by atoms with Crippen molar-refractivity contribution < 1.29 is 58.7 Å². The number of carbonyl (C=O) groups is 2. The molecule has 3 aromatic rings. The van der Waals surface area contributed by atoms with E-state index in [2.05, 4.69) is 26.3 Å². The zero-order valence-corrected chi connectivity index (χ0v) is 21.8. The average molecular weight is 531 g/mol. The Labute approximate surface area is 228 Å². The Kier molecular flexibility index (Phi) is 8.78. The molecule has 0 amide bonds. The van der Waals surface area contributed by atoms with Crippen molar-refractivity contribution in [2.24, 2.45) is 0 Å². The molecule has 2 heterocycles. The van der Waals surface area contributed by atoms with Crippen molar-refractivity contribution in [3.63, 3.8) is 0 Å². The molecule has 6 N–H and O–H groups in total. The average Bonchev–Trinajstić information content (AvgIpc) is 3.13. The van der Waals surface area contributed by atoms with E-state index in [1.807, 2.05) is 6.07 Å². The molecule has 16 heteroatoms. The number of aliphatic carboxylic acids is 2. The topological polar surface area (TPSA) is 168 Å². The van der Waals surface area contributed by atoms with Crippen LogP contribution in [0, 0.1) is 9.54 Å². The first-order valence-electron chi connectivity index (χ1n) is 9.20. The van der Waals surface area contributed by atoms with Gasteiger partial charge in [-0.15, -0.1) is 9.32 Å². The first-order chi connectivity index (χ1) is 15.8. The zero-order valence-electron chi connectivity index (χ0n) is 17.4. The molecule has 2 aromatic carbocycles. The van der Waals surface area contributed by atoms with Gasteiger partial charge in [-0.25, -0.2) is 10.3 Å². The van der Waals surface area contributed by atoms with Gasteiger partial charge in [0.05, 0.1) is 46.8 Å². The van der Waals surface area contributed by atoms with Gasteiger partial charge in [-0.05, 0) is 60.8 Å². The Morgan fingerprint density at radius 1 is 1.06 bits per heavy atom. The Bertz CT molecular complexity index is 1300. The summed E-state index contributed by atoms with van der Waals surface area (Å²) in [5.41, 5.74) is 4.73. The molecule has 0 saturated heterocycles. The van der Waals surface area contributed by atoms with Gasteiger partial charge in [-0.2, -0.15) is 0 Å². The van der Waals surface area contributed by atoms with E-state index in [1.54, 1.807) is 41.0 Å². The Morgan fingerprint density at radius 3 is 2.44 bits per heavy atom. The number of anilines is 3. The first-order valence-corrected chi connectivity index (χ1v) is 10.8. The number of carbonyl (C=O) groups excluding carboxylic acids is 1. The van der Waals surface area contributed by atoms with E-state index in [-0.39, 0.29) is 29.6 Å². The maximum Gasteiger partial charge on any atom is 1.00 e. The van der Waals surface area contributed by atoms with E-state index in [4.69, 9.17) is 33.8 Å². The van der Waals surface area contributed by atoms with Gasteiger partial charge in [0.25, 0.3) is 0 Å². The van der Waals surface area contributed by atoms with Gasteiger partial charge in [-0.3, -0.25) is 14.8 Å². The molecule has 1 aromatic heterocycles. The Morgan fingerprint density at radius 2 is 1.76 bits per heavy atom. The van der Waals surface area contributed by atoms with Gasteiger partial charge in [0.15, 0.2) is 15.6 Å². The fraction of sp³-hybridized carbons (Fsp3) is 0.111. The molecule has 2 atom stereocenters. The van der Waals surface area contributed by atoms with E-state index in [0.717, 1.165) is 12.0 Å². The number of hydrogen-bond acceptors (Lipinski definition) is 11. The molecule has 0 fully saturated rings. The van der Waals surface area contributed by atoms with Gasteiger partial charge in [0, 0.05) is 4.90 Å². The summed E-state index contributed by atoms with van der Waals surface area (Å²) in [6, 6.07) is 9.10. The predicted molar refractivity (Wildman–Crippen MR) is 122 cm³/mol. The zero-order chi connectivity index (χ0) is 23.5. The summed E-state index contributed by atoms with van der Waals surface area (Å²) in [5.74, 6) is -2.85. The Balaban J connectivity index is 0.00000324. The number of aromatic amines is 2. The van der Waals surface area contributed by atoms with Crippen LogP contribution in [0.2, 0.25) is 0 Å². The number of hydrogen-bond donors (Lipinski definition) is 6. The van der Waals surface area contributed by atoms with Crippen LogP contribution in [0.25, 0.3) is 5.69 Å². The van der Waals surface area contributed by atoms with Gasteiger partial charge in [0.2, 0.25) is 0 Å². The molecule has 1 aliphatic rings. The monoisotopic (exact) mass is 530 g/mol. The van der Waals surface area contributed by atoms with E-state index in [1.165, 1.54) is 0 Å². The summed E-state index contributed by atoms with van der Waals surface area (Å²) in [5, 5.41) is 31.4. The fourth-order valence-electron chi connectivity index (χ4n) is 3.10. The number of benzene rings is 2. The van der Waals surface area contributed by atoms with Crippen molar-refractivity contribution in [3.05, 3.63) is 52.0 Å². The molecular formula is C18H15N6NaO6S3. The van der Waals surface area contributed by atoms with Crippen LogP contribution in [-0.2, 0) is 18.9 Å². The maximum absolute atomic E-state index is 11.3. The molecule has 1 aliphatic heterocycles. The third-order valence-corrected chi connectivity index (χ3v) is 5.73. The number of carboxylic acids is 2. The molecule has 0 aliphatic carbocycles. The minimum Gasteiger partial charge on any atom is -0.548 e. The van der Waals surface area contributed by atoms with E-state index >= 15 is 0 Å².